The lowest BCUT2D eigenvalue weighted by molar-refractivity contribution is -0.111. The number of hydrogen-bond donors (Lipinski definition) is 4. The number of carbonyl (C=O) groups is 1. The summed E-state index contributed by atoms with van der Waals surface area (Å²) in [5, 5.41) is 3.19. The van der Waals surface area contributed by atoms with Gasteiger partial charge in [0.05, 0.1) is 22.8 Å². The Labute approximate surface area is 164 Å². The van der Waals surface area contributed by atoms with Crippen molar-refractivity contribution in [2.45, 2.75) is 27.7 Å². The lowest BCUT2D eigenvalue weighted by Gasteiger charge is -2.18. The molecule has 0 radical (unpaired) electrons. The van der Waals surface area contributed by atoms with E-state index in [1.807, 2.05) is 52.0 Å². The summed E-state index contributed by atoms with van der Waals surface area (Å²) in [6.45, 7) is 7.82. The van der Waals surface area contributed by atoms with E-state index in [1.165, 1.54) is 6.08 Å². The maximum absolute atomic E-state index is 12.5. The molecule has 2 aromatic carbocycles. The second kappa shape index (κ2) is 7.23. The largest absolute Gasteiger partial charge is 0.399 e. The molecule has 6 nitrogen and oxygen atoms in total. The Morgan fingerprint density at radius 1 is 0.786 bits per heavy atom. The number of allylic oxidation sites excluding steroid dienone is 2. The molecule has 2 aromatic rings. The number of nitrogen functional groups attached to an aromatic ring is 2. The fourth-order valence-corrected chi connectivity index (χ4v) is 2.98. The van der Waals surface area contributed by atoms with Crippen LogP contribution in [-0.4, -0.2) is 11.5 Å². The second-order valence-electron chi connectivity index (χ2n) is 7.02. The number of aliphatic imine (C=N–C) groups is 1. The summed E-state index contributed by atoms with van der Waals surface area (Å²) in [5.41, 5.74) is 26.2. The first kappa shape index (κ1) is 19.2. The van der Waals surface area contributed by atoms with Crippen LogP contribution in [0.3, 0.4) is 0 Å². The average molecular weight is 375 g/mol. The number of rotatable bonds is 3. The highest BCUT2D eigenvalue weighted by atomic mass is 16.1. The topological polar surface area (TPSA) is 120 Å². The van der Waals surface area contributed by atoms with Crippen LogP contribution in [-0.2, 0) is 4.79 Å². The minimum Gasteiger partial charge on any atom is -0.399 e. The van der Waals surface area contributed by atoms with Crippen molar-refractivity contribution in [3.8, 4) is 0 Å². The highest BCUT2D eigenvalue weighted by molar-refractivity contribution is 6.23. The number of anilines is 3. The SMILES string of the molecule is Cc1c(N)ccc(/N=C2/C=C(Nc3ccc(N)c(C)c3C)C(=O)C=C2N)c1C. The molecule has 0 unspecified atom stereocenters. The third-order valence-corrected chi connectivity index (χ3v) is 5.27. The Bertz CT molecular complexity index is 1080. The van der Waals surface area contributed by atoms with Crippen molar-refractivity contribution >= 4 is 34.2 Å². The molecule has 0 saturated carbocycles. The molecule has 0 aromatic heterocycles. The van der Waals surface area contributed by atoms with Crippen LogP contribution < -0.4 is 22.5 Å². The fourth-order valence-electron chi connectivity index (χ4n) is 2.98. The highest BCUT2D eigenvalue weighted by Gasteiger charge is 2.19. The summed E-state index contributed by atoms with van der Waals surface area (Å²) in [4.78, 5) is 17.1. The molecule has 3 rings (SSSR count). The lowest BCUT2D eigenvalue weighted by Crippen LogP contribution is -2.22. The zero-order valence-corrected chi connectivity index (χ0v) is 16.6. The van der Waals surface area contributed by atoms with Crippen LogP contribution in [0.4, 0.5) is 22.7 Å². The molecule has 6 heteroatoms. The molecule has 0 saturated heterocycles. The number of nitrogens with two attached hydrogens (primary N) is 3. The Morgan fingerprint density at radius 3 is 2.07 bits per heavy atom. The van der Waals surface area contributed by atoms with Gasteiger partial charge in [0.15, 0.2) is 0 Å². The number of carbonyl (C=O) groups excluding carboxylic acids is 1. The first-order chi connectivity index (χ1) is 13.2. The van der Waals surface area contributed by atoms with Crippen molar-refractivity contribution < 1.29 is 4.79 Å². The van der Waals surface area contributed by atoms with E-state index in [0.29, 0.717) is 22.8 Å². The van der Waals surface area contributed by atoms with Crippen molar-refractivity contribution in [3.05, 3.63) is 70.1 Å². The van der Waals surface area contributed by atoms with E-state index >= 15 is 0 Å². The minimum absolute atomic E-state index is 0.199. The van der Waals surface area contributed by atoms with Crippen molar-refractivity contribution in [2.75, 3.05) is 16.8 Å². The molecule has 0 atom stereocenters. The van der Waals surface area contributed by atoms with Gasteiger partial charge in [0, 0.05) is 23.1 Å². The maximum atomic E-state index is 12.5. The first-order valence-corrected chi connectivity index (χ1v) is 8.99. The standard InChI is InChI=1S/C22H25N5O/c1-11-13(3)18(7-5-15(11)23)26-20-10-21(22(28)9-17(20)25)27-19-8-6-16(24)12(2)14(19)4/h5-10,27H,23-25H2,1-4H3/b26-20-. The second-order valence-corrected chi connectivity index (χ2v) is 7.02. The van der Waals surface area contributed by atoms with Gasteiger partial charge >= 0.3 is 0 Å². The Hall–Kier alpha value is -3.54. The molecular formula is C22H25N5O. The van der Waals surface area contributed by atoms with Crippen molar-refractivity contribution in [1.82, 2.24) is 0 Å². The van der Waals surface area contributed by atoms with Crippen LogP contribution in [0.15, 0.2) is 52.8 Å². The molecule has 144 valence electrons. The summed E-state index contributed by atoms with van der Waals surface area (Å²) in [6, 6.07) is 7.35. The predicted molar refractivity (Wildman–Crippen MR) is 117 cm³/mol. The molecular weight excluding hydrogens is 350 g/mol. The zero-order valence-electron chi connectivity index (χ0n) is 16.6. The van der Waals surface area contributed by atoms with Gasteiger partial charge in [-0.05, 0) is 80.3 Å². The monoisotopic (exact) mass is 375 g/mol. The summed E-state index contributed by atoms with van der Waals surface area (Å²) < 4.78 is 0. The highest BCUT2D eigenvalue weighted by Crippen LogP contribution is 2.28. The van der Waals surface area contributed by atoms with Gasteiger partial charge in [0.2, 0.25) is 5.78 Å². The normalized spacial score (nSPS) is 15.4. The van der Waals surface area contributed by atoms with E-state index in [4.69, 9.17) is 17.2 Å². The average Bonchev–Trinajstić information content (AvgIpc) is 2.66. The quantitative estimate of drug-likeness (QED) is 0.483. The summed E-state index contributed by atoms with van der Waals surface area (Å²) in [5.74, 6) is -0.199. The molecule has 0 fully saturated rings. The van der Waals surface area contributed by atoms with Crippen LogP contribution >= 0.6 is 0 Å². The summed E-state index contributed by atoms with van der Waals surface area (Å²) in [6.07, 6.45) is 3.06. The summed E-state index contributed by atoms with van der Waals surface area (Å²) in [7, 11) is 0. The van der Waals surface area contributed by atoms with E-state index in [1.54, 1.807) is 6.08 Å². The molecule has 0 spiro atoms. The smallest absolute Gasteiger partial charge is 0.204 e. The molecule has 0 bridgehead atoms. The van der Waals surface area contributed by atoms with Crippen molar-refractivity contribution in [2.24, 2.45) is 10.7 Å². The first-order valence-electron chi connectivity index (χ1n) is 8.99. The van der Waals surface area contributed by atoms with Crippen molar-refractivity contribution in [3.63, 3.8) is 0 Å². The molecule has 0 amide bonds. The fraction of sp³-hybridized carbons (Fsp3) is 0.182. The summed E-state index contributed by atoms with van der Waals surface area (Å²) >= 11 is 0. The van der Waals surface area contributed by atoms with E-state index in [0.717, 1.165) is 39.3 Å². The molecule has 1 aliphatic rings. The third-order valence-electron chi connectivity index (χ3n) is 5.27. The van der Waals surface area contributed by atoms with Crippen LogP contribution in [0.5, 0.6) is 0 Å². The minimum atomic E-state index is -0.199. The number of nitrogens with zero attached hydrogens (tertiary/aromatic N) is 1. The van der Waals surface area contributed by atoms with Crippen LogP contribution in [0, 0.1) is 27.7 Å². The van der Waals surface area contributed by atoms with Gasteiger partial charge in [0.1, 0.15) is 0 Å². The number of nitrogens with one attached hydrogen (secondary N) is 1. The maximum Gasteiger partial charge on any atom is 0.204 e. The predicted octanol–water partition coefficient (Wildman–Crippen LogP) is 3.58. The van der Waals surface area contributed by atoms with E-state index in [-0.39, 0.29) is 5.78 Å². The van der Waals surface area contributed by atoms with Crippen LogP contribution in [0.1, 0.15) is 22.3 Å². The van der Waals surface area contributed by atoms with Gasteiger partial charge in [-0.1, -0.05) is 0 Å². The third kappa shape index (κ3) is 3.49. The van der Waals surface area contributed by atoms with E-state index in [9.17, 15) is 4.79 Å². The van der Waals surface area contributed by atoms with Gasteiger partial charge in [-0.2, -0.15) is 0 Å². The molecule has 0 aliphatic heterocycles. The number of benzene rings is 2. The van der Waals surface area contributed by atoms with Crippen LogP contribution in [0.2, 0.25) is 0 Å². The van der Waals surface area contributed by atoms with Gasteiger partial charge in [0.25, 0.3) is 0 Å². The Balaban J connectivity index is 2.01. The van der Waals surface area contributed by atoms with E-state index < -0.39 is 0 Å². The number of ketones is 1. The van der Waals surface area contributed by atoms with Crippen LogP contribution in [0.25, 0.3) is 0 Å². The molecule has 0 heterocycles. The van der Waals surface area contributed by atoms with Gasteiger partial charge in [-0.15, -0.1) is 0 Å². The molecule has 1 aliphatic carbocycles. The molecule has 28 heavy (non-hydrogen) atoms. The van der Waals surface area contributed by atoms with Gasteiger partial charge < -0.3 is 22.5 Å². The van der Waals surface area contributed by atoms with E-state index in [2.05, 4.69) is 10.3 Å². The lowest BCUT2D eigenvalue weighted by atomic mass is 10.0. The van der Waals surface area contributed by atoms with Crippen molar-refractivity contribution in [1.29, 1.82) is 0 Å². The zero-order chi connectivity index (χ0) is 20.6. The Morgan fingerprint density at radius 2 is 1.39 bits per heavy atom. The van der Waals surface area contributed by atoms with Gasteiger partial charge in [-0.25, -0.2) is 4.99 Å². The molecule has 7 N–H and O–H groups in total. The number of hydrogen-bond acceptors (Lipinski definition) is 6. The van der Waals surface area contributed by atoms with Gasteiger partial charge in [-0.3, -0.25) is 4.79 Å². The Kier molecular flexibility index (Phi) is 4.96.